The van der Waals surface area contributed by atoms with Gasteiger partial charge in [-0.1, -0.05) is 20.3 Å². The summed E-state index contributed by atoms with van der Waals surface area (Å²) in [6.45, 7) is 5.34. The third kappa shape index (κ3) is 4.19. The number of nitrogens with zero attached hydrogens (tertiary/aromatic N) is 1. The van der Waals surface area contributed by atoms with Crippen molar-refractivity contribution in [2.45, 2.75) is 51.6 Å². The number of hydrogen-bond acceptors (Lipinski definition) is 4. The van der Waals surface area contributed by atoms with E-state index in [0.717, 1.165) is 5.01 Å². The van der Waals surface area contributed by atoms with Gasteiger partial charge in [0.1, 0.15) is 10.5 Å². The average molecular weight is 299 g/mol. The zero-order valence-electron chi connectivity index (χ0n) is 12.0. The van der Waals surface area contributed by atoms with E-state index in [2.05, 4.69) is 15.6 Å². The van der Waals surface area contributed by atoms with Crippen LogP contribution in [0.2, 0.25) is 0 Å². The summed E-state index contributed by atoms with van der Waals surface area (Å²) in [5.74, 6) is -1.03. The second-order valence-electron chi connectivity index (χ2n) is 4.82. The lowest BCUT2D eigenvalue weighted by molar-refractivity contribution is -0.144. The van der Waals surface area contributed by atoms with Gasteiger partial charge in [-0.25, -0.2) is 14.6 Å². The van der Waals surface area contributed by atoms with Gasteiger partial charge in [-0.3, -0.25) is 0 Å². The molecule has 20 heavy (non-hydrogen) atoms. The van der Waals surface area contributed by atoms with E-state index < -0.39 is 17.5 Å². The SMILES string of the molecule is CCCC(C)(NC(=O)NC(CC)c1nccs1)C(=O)O. The second-order valence-corrected chi connectivity index (χ2v) is 5.74. The zero-order valence-corrected chi connectivity index (χ0v) is 12.8. The van der Waals surface area contributed by atoms with Crippen LogP contribution in [0.25, 0.3) is 0 Å². The number of amides is 2. The fourth-order valence-electron chi connectivity index (χ4n) is 1.91. The van der Waals surface area contributed by atoms with E-state index in [0.29, 0.717) is 19.3 Å². The molecule has 0 radical (unpaired) electrons. The van der Waals surface area contributed by atoms with Gasteiger partial charge >= 0.3 is 12.0 Å². The number of carbonyl (C=O) groups is 2. The average Bonchev–Trinajstić information content (AvgIpc) is 2.89. The zero-order chi connectivity index (χ0) is 15.2. The maximum absolute atomic E-state index is 12.0. The third-order valence-corrected chi connectivity index (χ3v) is 3.96. The van der Waals surface area contributed by atoms with Crippen molar-refractivity contribution < 1.29 is 14.7 Å². The molecular weight excluding hydrogens is 278 g/mol. The topological polar surface area (TPSA) is 91.3 Å². The van der Waals surface area contributed by atoms with Crippen LogP contribution in [0.3, 0.4) is 0 Å². The first-order valence-electron chi connectivity index (χ1n) is 6.64. The van der Waals surface area contributed by atoms with Crippen LogP contribution in [0.1, 0.15) is 51.1 Å². The highest BCUT2D eigenvalue weighted by Crippen LogP contribution is 2.19. The van der Waals surface area contributed by atoms with Crippen molar-refractivity contribution in [2.24, 2.45) is 0 Å². The summed E-state index contributed by atoms with van der Waals surface area (Å²) in [4.78, 5) is 27.4. The van der Waals surface area contributed by atoms with Crippen LogP contribution in [0.4, 0.5) is 4.79 Å². The smallest absolute Gasteiger partial charge is 0.329 e. The number of urea groups is 1. The van der Waals surface area contributed by atoms with Crippen molar-refractivity contribution in [1.29, 1.82) is 0 Å². The van der Waals surface area contributed by atoms with Gasteiger partial charge in [0.15, 0.2) is 0 Å². The maximum Gasteiger partial charge on any atom is 0.329 e. The van der Waals surface area contributed by atoms with Gasteiger partial charge in [-0.2, -0.15) is 0 Å². The minimum atomic E-state index is -1.25. The number of aliphatic carboxylic acids is 1. The molecule has 0 aromatic carbocycles. The number of rotatable bonds is 7. The Morgan fingerprint density at radius 1 is 1.50 bits per heavy atom. The Morgan fingerprint density at radius 3 is 2.65 bits per heavy atom. The summed E-state index contributed by atoms with van der Waals surface area (Å²) < 4.78 is 0. The Morgan fingerprint density at radius 2 is 2.20 bits per heavy atom. The van der Waals surface area contributed by atoms with Crippen molar-refractivity contribution in [3.05, 3.63) is 16.6 Å². The molecule has 112 valence electrons. The van der Waals surface area contributed by atoms with Gasteiger partial charge < -0.3 is 15.7 Å². The minimum Gasteiger partial charge on any atom is -0.480 e. The highest BCUT2D eigenvalue weighted by molar-refractivity contribution is 7.09. The Hall–Kier alpha value is -1.63. The number of aromatic nitrogens is 1. The highest BCUT2D eigenvalue weighted by Gasteiger charge is 2.34. The Kier molecular flexibility index (Phi) is 5.94. The second kappa shape index (κ2) is 7.23. The molecule has 0 bridgehead atoms. The van der Waals surface area contributed by atoms with E-state index in [9.17, 15) is 14.7 Å². The summed E-state index contributed by atoms with van der Waals surface area (Å²) in [5, 5.41) is 17.2. The summed E-state index contributed by atoms with van der Waals surface area (Å²) in [5.41, 5.74) is -1.25. The molecule has 2 unspecified atom stereocenters. The standard InChI is InChI=1S/C13H21N3O3S/c1-4-6-13(3,11(17)18)16-12(19)15-9(5-2)10-14-7-8-20-10/h7-9H,4-6H2,1-3H3,(H,17,18)(H2,15,16,19). The molecule has 0 aliphatic carbocycles. The molecule has 1 heterocycles. The predicted octanol–water partition coefficient (Wildman–Crippen LogP) is 2.54. The molecule has 2 atom stereocenters. The quantitative estimate of drug-likeness (QED) is 0.721. The summed E-state index contributed by atoms with van der Waals surface area (Å²) in [7, 11) is 0. The van der Waals surface area contributed by atoms with Crippen LogP contribution in [-0.4, -0.2) is 27.6 Å². The van der Waals surface area contributed by atoms with Crippen LogP contribution in [0.5, 0.6) is 0 Å². The van der Waals surface area contributed by atoms with Crippen molar-refractivity contribution in [3.8, 4) is 0 Å². The van der Waals surface area contributed by atoms with E-state index in [1.165, 1.54) is 18.3 Å². The van der Waals surface area contributed by atoms with Crippen LogP contribution in [0.15, 0.2) is 11.6 Å². The number of nitrogens with one attached hydrogen (secondary N) is 2. The number of thiazole rings is 1. The molecule has 0 fully saturated rings. The van der Waals surface area contributed by atoms with Gasteiger partial charge in [0, 0.05) is 11.6 Å². The van der Waals surface area contributed by atoms with Crippen molar-refractivity contribution in [1.82, 2.24) is 15.6 Å². The van der Waals surface area contributed by atoms with E-state index in [-0.39, 0.29) is 6.04 Å². The predicted molar refractivity (Wildman–Crippen MR) is 77.8 cm³/mol. The maximum atomic E-state index is 12.0. The van der Waals surface area contributed by atoms with Crippen LogP contribution < -0.4 is 10.6 Å². The first-order chi connectivity index (χ1) is 9.42. The highest BCUT2D eigenvalue weighted by atomic mass is 32.1. The molecule has 1 aromatic rings. The third-order valence-electron chi connectivity index (χ3n) is 3.07. The fraction of sp³-hybridized carbons (Fsp3) is 0.615. The lowest BCUT2D eigenvalue weighted by atomic mass is 9.96. The molecule has 1 rings (SSSR count). The van der Waals surface area contributed by atoms with E-state index in [4.69, 9.17) is 0 Å². The lowest BCUT2D eigenvalue weighted by Crippen LogP contribution is -2.55. The van der Waals surface area contributed by atoms with Gasteiger partial charge in [0.05, 0.1) is 6.04 Å². The molecular formula is C13H21N3O3S. The molecule has 7 heteroatoms. The van der Waals surface area contributed by atoms with Gasteiger partial charge in [-0.05, 0) is 19.8 Å². The summed E-state index contributed by atoms with van der Waals surface area (Å²) >= 11 is 1.46. The first kappa shape index (κ1) is 16.4. The molecule has 0 saturated carbocycles. The van der Waals surface area contributed by atoms with Gasteiger partial charge in [0.25, 0.3) is 0 Å². The first-order valence-corrected chi connectivity index (χ1v) is 7.52. The van der Waals surface area contributed by atoms with Crippen LogP contribution in [0, 0.1) is 0 Å². The molecule has 0 aliphatic heterocycles. The Balaban J connectivity index is 2.68. The summed E-state index contributed by atoms with van der Waals surface area (Å²) in [6.07, 6.45) is 3.43. The number of carboxylic acid groups (broad SMARTS) is 1. The van der Waals surface area contributed by atoms with E-state index in [1.807, 2.05) is 19.2 Å². The van der Waals surface area contributed by atoms with Gasteiger partial charge in [-0.15, -0.1) is 11.3 Å². The molecule has 0 spiro atoms. The normalized spacial score (nSPS) is 15.2. The monoisotopic (exact) mass is 299 g/mol. The van der Waals surface area contributed by atoms with Crippen LogP contribution in [-0.2, 0) is 4.79 Å². The molecule has 0 aliphatic rings. The largest absolute Gasteiger partial charge is 0.480 e. The minimum absolute atomic E-state index is 0.199. The molecule has 6 nitrogen and oxygen atoms in total. The number of carboxylic acids is 1. The number of hydrogen-bond donors (Lipinski definition) is 3. The van der Waals surface area contributed by atoms with Crippen molar-refractivity contribution in [2.75, 3.05) is 0 Å². The van der Waals surface area contributed by atoms with Crippen molar-refractivity contribution >= 4 is 23.3 Å². The molecule has 0 saturated heterocycles. The van der Waals surface area contributed by atoms with Crippen LogP contribution >= 0.6 is 11.3 Å². The summed E-state index contributed by atoms with van der Waals surface area (Å²) in [6, 6.07) is -0.680. The van der Waals surface area contributed by atoms with E-state index >= 15 is 0 Å². The lowest BCUT2D eigenvalue weighted by Gasteiger charge is -2.27. The van der Waals surface area contributed by atoms with E-state index in [1.54, 1.807) is 6.20 Å². The molecule has 1 aromatic heterocycles. The fourth-order valence-corrected chi connectivity index (χ4v) is 2.69. The Bertz CT molecular complexity index is 450. The molecule has 3 N–H and O–H groups in total. The Labute approximate surface area is 122 Å². The van der Waals surface area contributed by atoms with Gasteiger partial charge in [0.2, 0.25) is 0 Å². The van der Waals surface area contributed by atoms with Crippen molar-refractivity contribution in [3.63, 3.8) is 0 Å². The number of carbonyl (C=O) groups excluding carboxylic acids is 1. The molecule has 2 amide bonds.